The van der Waals surface area contributed by atoms with Gasteiger partial charge in [0.15, 0.2) is 0 Å². The molecule has 2 heteroatoms. The van der Waals surface area contributed by atoms with Crippen LogP contribution in [0.5, 0.6) is 0 Å². The highest BCUT2D eigenvalue weighted by atomic mass is 15.1. The number of likely N-dealkylation sites (N-methyl/N-ethyl adjacent to an activating group) is 1. The van der Waals surface area contributed by atoms with Crippen LogP contribution in [0.25, 0.3) is 0 Å². The Balaban J connectivity index is 2.21. The van der Waals surface area contributed by atoms with Crippen molar-refractivity contribution in [2.45, 2.75) is 26.7 Å². The summed E-state index contributed by atoms with van der Waals surface area (Å²) in [5, 5.41) is 3.49. The van der Waals surface area contributed by atoms with Gasteiger partial charge in [-0.15, -0.1) is 0 Å². The van der Waals surface area contributed by atoms with E-state index in [0.29, 0.717) is 5.92 Å². The summed E-state index contributed by atoms with van der Waals surface area (Å²) in [4.78, 5) is 2.41. The Morgan fingerprint density at radius 2 is 1.78 bits per heavy atom. The van der Waals surface area contributed by atoms with Crippen molar-refractivity contribution in [2.75, 3.05) is 33.2 Å². The molecule has 1 N–H and O–H groups in total. The van der Waals surface area contributed by atoms with Crippen LogP contribution in [0.4, 0.5) is 0 Å². The van der Waals surface area contributed by atoms with Crippen molar-refractivity contribution in [1.29, 1.82) is 0 Å². The van der Waals surface area contributed by atoms with E-state index in [-0.39, 0.29) is 0 Å². The molecule has 0 saturated heterocycles. The lowest BCUT2D eigenvalue weighted by Crippen LogP contribution is -2.33. The Morgan fingerprint density at radius 3 is 2.39 bits per heavy atom. The summed E-state index contributed by atoms with van der Waals surface area (Å²) in [5.41, 5.74) is 1.43. The highest BCUT2D eigenvalue weighted by Crippen LogP contribution is 2.14. The lowest BCUT2D eigenvalue weighted by Gasteiger charge is -2.22. The van der Waals surface area contributed by atoms with E-state index in [9.17, 15) is 0 Å². The van der Waals surface area contributed by atoms with Crippen LogP contribution in [0.3, 0.4) is 0 Å². The molecule has 0 saturated carbocycles. The van der Waals surface area contributed by atoms with Crippen molar-refractivity contribution in [3.8, 4) is 0 Å². The lowest BCUT2D eigenvalue weighted by atomic mass is 10.0. The molecule has 0 spiro atoms. The van der Waals surface area contributed by atoms with E-state index in [1.807, 2.05) is 0 Å². The maximum atomic E-state index is 3.49. The molecular formula is C16H28N2. The van der Waals surface area contributed by atoms with E-state index < -0.39 is 0 Å². The second-order valence-electron chi connectivity index (χ2n) is 5.67. The molecule has 0 bridgehead atoms. The molecule has 1 aromatic carbocycles. The fourth-order valence-electron chi connectivity index (χ4n) is 2.11. The summed E-state index contributed by atoms with van der Waals surface area (Å²) in [6.07, 6.45) is 0. The molecule has 1 atom stereocenters. The van der Waals surface area contributed by atoms with Gasteiger partial charge in [-0.3, -0.25) is 0 Å². The zero-order valence-corrected chi connectivity index (χ0v) is 12.3. The molecule has 0 radical (unpaired) electrons. The first kappa shape index (κ1) is 15.2. The normalized spacial score (nSPS) is 13.2. The average Bonchev–Trinajstić information content (AvgIpc) is 2.35. The van der Waals surface area contributed by atoms with E-state index in [0.717, 1.165) is 32.1 Å². The molecule has 102 valence electrons. The van der Waals surface area contributed by atoms with Gasteiger partial charge in [0.05, 0.1) is 0 Å². The Morgan fingerprint density at radius 1 is 1.11 bits per heavy atom. The molecule has 1 rings (SSSR count). The summed E-state index contributed by atoms with van der Waals surface area (Å²) >= 11 is 0. The zero-order valence-electron chi connectivity index (χ0n) is 12.3. The minimum Gasteiger partial charge on any atom is -0.315 e. The van der Waals surface area contributed by atoms with Crippen LogP contribution in [0.2, 0.25) is 0 Å². The first-order chi connectivity index (χ1) is 8.59. The molecule has 1 unspecified atom stereocenters. The Hall–Kier alpha value is -0.860. The summed E-state index contributed by atoms with van der Waals surface area (Å²) in [7, 11) is 2.20. The van der Waals surface area contributed by atoms with Crippen molar-refractivity contribution >= 4 is 0 Å². The molecule has 0 aliphatic rings. The molecule has 0 heterocycles. The fourth-order valence-corrected chi connectivity index (χ4v) is 2.11. The second kappa shape index (κ2) is 8.28. The largest absolute Gasteiger partial charge is 0.315 e. The zero-order chi connectivity index (χ0) is 13.4. The second-order valence-corrected chi connectivity index (χ2v) is 5.67. The fraction of sp³-hybridized carbons (Fsp3) is 0.625. The number of rotatable bonds is 8. The molecule has 0 aromatic heterocycles. The van der Waals surface area contributed by atoms with Gasteiger partial charge >= 0.3 is 0 Å². The van der Waals surface area contributed by atoms with Crippen LogP contribution in [-0.2, 0) is 0 Å². The van der Waals surface area contributed by atoms with Crippen LogP contribution >= 0.6 is 0 Å². The number of hydrogen-bond donors (Lipinski definition) is 1. The summed E-state index contributed by atoms with van der Waals surface area (Å²) in [6, 6.07) is 10.8. The SMILES string of the molecule is CC(C)CNCCN(C)CC(C)c1ccccc1. The molecule has 1 aromatic rings. The maximum absolute atomic E-state index is 3.49. The minimum atomic E-state index is 0.598. The predicted molar refractivity (Wildman–Crippen MR) is 80.1 cm³/mol. The van der Waals surface area contributed by atoms with Gasteiger partial charge < -0.3 is 10.2 Å². The van der Waals surface area contributed by atoms with Crippen LogP contribution < -0.4 is 5.32 Å². The van der Waals surface area contributed by atoms with Gasteiger partial charge in [-0.1, -0.05) is 51.1 Å². The van der Waals surface area contributed by atoms with Crippen LogP contribution in [-0.4, -0.2) is 38.1 Å². The predicted octanol–water partition coefficient (Wildman–Crippen LogP) is 2.97. The Kier molecular flexibility index (Phi) is 6.99. The van der Waals surface area contributed by atoms with E-state index in [1.54, 1.807) is 0 Å². The topological polar surface area (TPSA) is 15.3 Å². The van der Waals surface area contributed by atoms with Crippen LogP contribution in [0.15, 0.2) is 30.3 Å². The van der Waals surface area contributed by atoms with Crippen LogP contribution in [0.1, 0.15) is 32.3 Å². The average molecular weight is 248 g/mol. The highest BCUT2D eigenvalue weighted by molar-refractivity contribution is 5.18. The smallest absolute Gasteiger partial charge is 0.0104 e. The molecule has 0 aliphatic heterocycles. The first-order valence-corrected chi connectivity index (χ1v) is 7.03. The van der Waals surface area contributed by atoms with Gasteiger partial charge in [-0.05, 0) is 31.0 Å². The summed E-state index contributed by atoms with van der Waals surface area (Å²) in [5.74, 6) is 1.33. The lowest BCUT2D eigenvalue weighted by molar-refractivity contribution is 0.313. The van der Waals surface area contributed by atoms with Crippen molar-refractivity contribution in [1.82, 2.24) is 10.2 Å². The van der Waals surface area contributed by atoms with Crippen molar-refractivity contribution in [3.63, 3.8) is 0 Å². The van der Waals surface area contributed by atoms with Gasteiger partial charge in [0.1, 0.15) is 0 Å². The number of nitrogens with zero attached hydrogens (tertiary/aromatic N) is 1. The number of benzene rings is 1. The molecule has 2 nitrogen and oxygen atoms in total. The maximum Gasteiger partial charge on any atom is 0.0104 e. The third-order valence-corrected chi connectivity index (χ3v) is 3.18. The van der Waals surface area contributed by atoms with Gasteiger partial charge in [0, 0.05) is 19.6 Å². The van der Waals surface area contributed by atoms with Crippen molar-refractivity contribution in [3.05, 3.63) is 35.9 Å². The third-order valence-electron chi connectivity index (χ3n) is 3.18. The van der Waals surface area contributed by atoms with E-state index >= 15 is 0 Å². The van der Waals surface area contributed by atoms with Gasteiger partial charge in [-0.25, -0.2) is 0 Å². The van der Waals surface area contributed by atoms with Crippen molar-refractivity contribution in [2.24, 2.45) is 5.92 Å². The molecule has 0 fully saturated rings. The van der Waals surface area contributed by atoms with Crippen LogP contribution in [0, 0.1) is 5.92 Å². The third kappa shape index (κ3) is 6.18. The summed E-state index contributed by atoms with van der Waals surface area (Å²) in [6.45, 7) is 11.2. The van der Waals surface area contributed by atoms with Gasteiger partial charge in [0.25, 0.3) is 0 Å². The standard InChI is InChI=1S/C16H28N2/c1-14(2)12-17-10-11-18(4)13-15(3)16-8-6-5-7-9-16/h5-9,14-15,17H,10-13H2,1-4H3. The van der Waals surface area contributed by atoms with E-state index in [4.69, 9.17) is 0 Å². The van der Waals surface area contributed by atoms with E-state index in [1.165, 1.54) is 5.56 Å². The Bertz CT molecular complexity index is 308. The monoisotopic (exact) mass is 248 g/mol. The molecule has 0 aliphatic carbocycles. The molecule has 0 amide bonds. The van der Waals surface area contributed by atoms with E-state index in [2.05, 4.69) is 68.4 Å². The minimum absolute atomic E-state index is 0.598. The van der Waals surface area contributed by atoms with Gasteiger partial charge in [0.2, 0.25) is 0 Å². The van der Waals surface area contributed by atoms with Crippen molar-refractivity contribution < 1.29 is 0 Å². The number of hydrogen-bond acceptors (Lipinski definition) is 2. The number of nitrogens with one attached hydrogen (secondary N) is 1. The Labute approximate surface area is 112 Å². The summed E-state index contributed by atoms with van der Waals surface area (Å²) < 4.78 is 0. The van der Waals surface area contributed by atoms with Gasteiger partial charge in [-0.2, -0.15) is 0 Å². The molecular weight excluding hydrogens is 220 g/mol. The molecule has 18 heavy (non-hydrogen) atoms. The first-order valence-electron chi connectivity index (χ1n) is 7.03. The highest BCUT2D eigenvalue weighted by Gasteiger charge is 2.08. The quantitative estimate of drug-likeness (QED) is 0.712.